The highest BCUT2D eigenvalue weighted by atomic mass is 16.3. The maximum Gasteiger partial charge on any atom is 0.0642 e. The minimum absolute atomic E-state index is 0.363. The lowest BCUT2D eigenvalue weighted by atomic mass is 9.85. The SMILES string of the molecule is CCC(C)CCC(C)(O)C(C)C. The lowest BCUT2D eigenvalue weighted by Crippen LogP contribution is -2.31. The second-order valence-corrected chi connectivity index (χ2v) is 4.56. The van der Waals surface area contributed by atoms with Gasteiger partial charge < -0.3 is 5.11 Å². The summed E-state index contributed by atoms with van der Waals surface area (Å²) in [5.41, 5.74) is -0.469. The first-order chi connectivity index (χ1) is 5.40. The van der Waals surface area contributed by atoms with Crippen molar-refractivity contribution >= 4 is 0 Å². The highest BCUT2D eigenvalue weighted by molar-refractivity contribution is 4.76. The first-order valence-electron chi connectivity index (χ1n) is 5.12. The fourth-order valence-corrected chi connectivity index (χ4v) is 1.03. The van der Waals surface area contributed by atoms with E-state index in [4.69, 9.17) is 0 Å². The van der Waals surface area contributed by atoms with Gasteiger partial charge in [0.1, 0.15) is 0 Å². The van der Waals surface area contributed by atoms with E-state index in [1.807, 2.05) is 6.92 Å². The molecule has 1 heteroatoms. The normalized spacial score (nSPS) is 19.2. The van der Waals surface area contributed by atoms with Gasteiger partial charge in [-0.3, -0.25) is 0 Å². The van der Waals surface area contributed by atoms with Gasteiger partial charge in [0.05, 0.1) is 5.60 Å². The first-order valence-corrected chi connectivity index (χ1v) is 5.12. The van der Waals surface area contributed by atoms with Gasteiger partial charge in [0, 0.05) is 0 Å². The summed E-state index contributed by atoms with van der Waals surface area (Å²) in [5, 5.41) is 9.94. The molecule has 0 amide bonds. The van der Waals surface area contributed by atoms with Gasteiger partial charge in [-0.05, 0) is 31.6 Å². The highest BCUT2D eigenvalue weighted by Crippen LogP contribution is 2.24. The molecule has 12 heavy (non-hydrogen) atoms. The average molecular weight is 172 g/mol. The molecular formula is C11H24O. The molecule has 0 heterocycles. The van der Waals surface area contributed by atoms with Gasteiger partial charge in [-0.15, -0.1) is 0 Å². The molecule has 2 atom stereocenters. The molecule has 0 saturated heterocycles. The molecule has 0 fully saturated rings. The third kappa shape index (κ3) is 4.10. The third-order valence-electron chi connectivity index (χ3n) is 3.08. The smallest absolute Gasteiger partial charge is 0.0642 e. The van der Waals surface area contributed by atoms with E-state index in [0.717, 1.165) is 18.8 Å². The van der Waals surface area contributed by atoms with Crippen LogP contribution in [0.3, 0.4) is 0 Å². The zero-order valence-electron chi connectivity index (χ0n) is 9.22. The minimum atomic E-state index is -0.469. The number of rotatable bonds is 5. The Morgan fingerprint density at radius 2 is 1.75 bits per heavy atom. The molecule has 0 aliphatic carbocycles. The van der Waals surface area contributed by atoms with Crippen LogP contribution in [0.25, 0.3) is 0 Å². The van der Waals surface area contributed by atoms with Crippen molar-refractivity contribution in [3.63, 3.8) is 0 Å². The zero-order valence-corrected chi connectivity index (χ0v) is 9.22. The van der Waals surface area contributed by atoms with Gasteiger partial charge in [0.2, 0.25) is 0 Å². The van der Waals surface area contributed by atoms with Crippen molar-refractivity contribution in [1.29, 1.82) is 0 Å². The van der Waals surface area contributed by atoms with E-state index in [1.165, 1.54) is 6.42 Å². The van der Waals surface area contributed by atoms with Crippen LogP contribution in [0, 0.1) is 11.8 Å². The predicted molar refractivity (Wildman–Crippen MR) is 54.2 cm³/mol. The summed E-state index contributed by atoms with van der Waals surface area (Å²) < 4.78 is 0. The second kappa shape index (κ2) is 4.86. The van der Waals surface area contributed by atoms with Gasteiger partial charge in [0.15, 0.2) is 0 Å². The van der Waals surface area contributed by atoms with E-state index in [-0.39, 0.29) is 0 Å². The molecule has 0 aliphatic heterocycles. The molecule has 0 aromatic carbocycles. The topological polar surface area (TPSA) is 20.2 Å². The lowest BCUT2D eigenvalue weighted by Gasteiger charge is -2.28. The first kappa shape index (κ1) is 12.0. The molecule has 0 bridgehead atoms. The molecular weight excluding hydrogens is 148 g/mol. The quantitative estimate of drug-likeness (QED) is 0.675. The second-order valence-electron chi connectivity index (χ2n) is 4.56. The summed E-state index contributed by atoms with van der Waals surface area (Å²) in [4.78, 5) is 0. The van der Waals surface area contributed by atoms with Crippen LogP contribution in [0.4, 0.5) is 0 Å². The van der Waals surface area contributed by atoms with E-state index in [0.29, 0.717) is 5.92 Å². The highest BCUT2D eigenvalue weighted by Gasteiger charge is 2.24. The Hall–Kier alpha value is -0.0400. The molecule has 1 nitrogen and oxygen atoms in total. The van der Waals surface area contributed by atoms with Gasteiger partial charge >= 0.3 is 0 Å². The summed E-state index contributed by atoms with van der Waals surface area (Å²) >= 11 is 0. The van der Waals surface area contributed by atoms with Gasteiger partial charge in [-0.2, -0.15) is 0 Å². The molecule has 0 spiro atoms. The van der Waals surface area contributed by atoms with Crippen LogP contribution in [-0.2, 0) is 0 Å². The minimum Gasteiger partial charge on any atom is -0.390 e. The monoisotopic (exact) mass is 172 g/mol. The van der Waals surface area contributed by atoms with E-state index in [1.54, 1.807) is 0 Å². The Labute approximate surface area is 77.2 Å². The molecule has 0 aromatic rings. The van der Waals surface area contributed by atoms with Crippen LogP contribution < -0.4 is 0 Å². The molecule has 1 N–H and O–H groups in total. The zero-order chi connectivity index (χ0) is 9.78. The van der Waals surface area contributed by atoms with Gasteiger partial charge in [-0.25, -0.2) is 0 Å². The molecule has 0 rings (SSSR count). The molecule has 0 saturated carbocycles. The van der Waals surface area contributed by atoms with Crippen LogP contribution in [0.2, 0.25) is 0 Å². The van der Waals surface area contributed by atoms with Gasteiger partial charge in [-0.1, -0.05) is 34.1 Å². The Bertz CT molecular complexity index is 116. The fraction of sp³-hybridized carbons (Fsp3) is 1.00. The van der Waals surface area contributed by atoms with Crippen molar-refractivity contribution < 1.29 is 5.11 Å². The van der Waals surface area contributed by atoms with Crippen molar-refractivity contribution in [2.75, 3.05) is 0 Å². The van der Waals surface area contributed by atoms with E-state index in [9.17, 15) is 5.11 Å². The summed E-state index contributed by atoms with van der Waals surface area (Å²) in [5.74, 6) is 1.11. The molecule has 2 unspecified atom stereocenters. The summed E-state index contributed by atoms with van der Waals surface area (Å²) in [6.07, 6.45) is 3.29. The molecule has 0 aromatic heterocycles. The van der Waals surface area contributed by atoms with E-state index >= 15 is 0 Å². The van der Waals surface area contributed by atoms with Crippen LogP contribution >= 0.6 is 0 Å². The van der Waals surface area contributed by atoms with E-state index in [2.05, 4.69) is 27.7 Å². The molecule has 0 aliphatic rings. The Balaban J connectivity index is 3.75. The molecule has 0 radical (unpaired) electrons. The Morgan fingerprint density at radius 3 is 2.08 bits per heavy atom. The third-order valence-corrected chi connectivity index (χ3v) is 3.08. The van der Waals surface area contributed by atoms with Crippen molar-refractivity contribution in [2.45, 2.75) is 59.5 Å². The van der Waals surface area contributed by atoms with Gasteiger partial charge in [0.25, 0.3) is 0 Å². The van der Waals surface area contributed by atoms with Crippen molar-refractivity contribution in [3.8, 4) is 0 Å². The summed E-state index contributed by atoms with van der Waals surface area (Å²) in [6.45, 7) is 10.6. The van der Waals surface area contributed by atoms with Crippen LogP contribution in [0.5, 0.6) is 0 Å². The van der Waals surface area contributed by atoms with Crippen LogP contribution in [0.1, 0.15) is 53.9 Å². The van der Waals surface area contributed by atoms with Crippen molar-refractivity contribution in [2.24, 2.45) is 11.8 Å². The average Bonchev–Trinajstić information content (AvgIpc) is 2.00. The molecule has 74 valence electrons. The number of aliphatic hydroxyl groups is 1. The van der Waals surface area contributed by atoms with Crippen LogP contribution in [-0.4, -0.2) is 10.7 Å². The lowest BCUT2D eigenvalue weighted by molar-refractivity contribution is 0.000258. The maximum absolute atomic E-state index is 9.94. The predicted octanol–water partition coefficient (Wildman–Crippen LogP) is 3.22. The number of hydrogen-bond acceptors (Lipinski definition) is 1. The summed E-state index contributed by atoms with van der Waals surface area (Å²) in [7, 11) is 0. The fourth-order valence-electron chi connectivity index (χ4n) is 1.03. The van der Waals surface area contributed by atoms with Crippen molar-refractivity contribution in [1.82, 2.24) is 0 Å². The van der Waals surface area contributed by atoms with Crippen molar-refractivity contribution in [3.05, 3.63) is 0 Å². The van der Waals surface area contributed by atoms with Crippen LogP contribution in [0.15, 0.2) is 0 Å². The summed E-state index contributed by atoms with van der Waals surface area (Å²) in [6, 6.07) is 0. The Morgan fingerprint density at radius 1 is 1.25 bits per heavy atom. The Kier molecular flexibility index (Phi) is 4.84. The number of hydrogen-bond donors (Lipinski definition) is 1. The standard InChI is InChI=1S/C11H24O/c1-6-10(4)7-8-11(5,12)9(2)3/h9-10,12H,6-8H2,1-5H3. The largest absolute Gasteiger partial charge is 0.390 e. The van der Waals surface area contributed by atoms with E-state index < -0.39 is 5.60 Å². The maximum atomic E-state index is 9.94.